The molecule has 7 heteroatoms. The predicted octanol–water partition coefficient (Wildman–Crippen LogP) is 2.00. The topological polar surface area (TPSA) is 115 Å². The number of carbonyl (C=O) groups excluding carboxylic acids is 1. The van der Waals surface area contributed by atoms with Crippen molar-refractivity contribution in [3.63, 3.8) is 0 Å². The van der Waals surface area contributed by atoms with Crippen LogP contribution in [0.5, 0.6) is 0 Å². The van der Waals surface area contributed by atoms with Crippen LogP contribution in [0.25, 0.3) is 20.9 Å². The van der Waals surface area contributed by atoms with E-state index in [9.17, 15) is 4.79 Å². The summed E-state index contributed by atoms with van der Waals surface area (Å²) in [5.74, 6) is -0.239. The highest BCUT2D eigenvalue weighted by Gasteiger charge is 2.23. The Hall–Kier alpha value is -2.23. The summed E-state index contributed by atoms with van der Waals surface area (Å²) >= 11 is 0. The Morgan fingerprint density at radius 2 is 1.62 bits per heavy atom. The van der Waals surface area contributed by atoms with Gasteiger partial charge in [0.1, 0.15) is 0 Å². The van der Waals surface area contributed by atoms with Gasteiger partial charge in [-0.25, -0.2) is 0 Å². The second-order valence-corrected chi connectivity index (χ2v) is 2.23. The molecule has 1 rings (SSSR count). The van der Waals surface area contributed by atoms with Gasteiger partial charge < -0.3 is 0 Å². The van der Waals surface area contributed by atoms with Gasteiger partial charge in [-0.2, -0.15) is 0 Å². The molecule has 7 nitrogen and oxygen atoms in total. The van der Waals surface area contributed by atoms with Crippen molar-refractivity contribution in [3.05, 3.63) is 45.2 Å². The lowest BCUT2D eigenvalue weighted by Gasteiger charge is -2.15. The highest BCUT2D eigenvalue weighted by molar-refractivity contribution is 6.00. The van der Waals surface area contributed by atoms with E-state index in [0.717, 1.165) is 0 Å². The summed E-state index contributed by atoms with van der Waals surface area (Å²) in [4.78, 5) is 15.8. The zero-order chi connectivity index (χ0) is 9.73. The van der Waals surface area contributed by atoms with Crippen LogP contribution in [-0.2, 0) is 4.79 Å². The van der Waals surface area contributed by atoms with Crippen LogP contribution in [0.1, 0.15) is 0 Å². The van der Waals surface area contributed by atoms with Crippen molar-refractivity contribution in [2.75, 3.05) is 0 Å². The number of hydrogen-bond acceptors (Lipinski definition) is 3. The van der Waals surface area contributed by atoms with Gasteiger partial charge in [-0.3, -0.25) is 4.79 Å². The minimum Gasteiger partial charge on any atom is -0.290 e. The van der Waals surface area contributed by atoms with Gasteiger partial charge in [0.2, 0.25) is 0 Å². The first-order chi connectivity index (χ1) is 6.22. The lowest BCUT2D eigenvalue weighted by atomic mass is 10.1. The Morgan fingerprint density at radius 1 is 1.15 bits per heavy atom. The highest BCUT2D eigenvalue weighted by Crippen LogP contribution is 2.21. The molecule has 0 aliphatic heterocycles. The molecule has 64 valence electrons. The van der Waals surface area contributed by atoms with Gasteiger partial charge in [0.25, 0.3) is 0 Å². The molecule has 1 aliphatic carbocycles. The zero-order valence-corrected chi connectivity index (χ0v) is 6.40. The monoisotopic (exact) mass is 176 g/mol. The first-order valence-corrected chi connectivity index (χ1v) is 3.27. The molecule has 0 atom stereocenters. The van der Waals surface area contributed by atoms with Crippen molar-refractivity contribution in [3.8, 4) is 0 Å². The number of rotatable bonds is 2. The summed E-state index contributed by atoms with van der Waals surface area (Å²) in [6.45, 7) is 0. The lowest BCUT2D eigenvalue weighted by Crippen LogP contribution is -2.19. The lowest BCUT2D eigenvalue weighted by molar-refractivity contribution is -0.110. The van der Waals surface area contributed by atoms with Crippen molar-refractivity contribution in [2.24, 2.45) is 10.2 Å². The number of carbonyl (C=O) groups is 1. The maximum absolute atomic E-state index is 10.7. The number of ketones is 1. The standard InChI is InChI=1S/C6H4N6O/c7-11-9-6(10-12-8)3-1-5(13)2-4-6/h1-4H. The largest absolute Gasteiger partial charge is 0.290 e. The van der Waals surface area contributed by atoms with E-state index in [4.69, 9.17) is 11.1 Å². The highest BCUT2D eigenvalue weighted by atomic mass is 16.1. The minimum absolute atomic E-state index is 0.239. The Balaban J connectivity index is 3.14. The number of azide groups is 1. The van der Waals surface area contributed by atoms with Gasteiger partial charge in [0.15, 0.2) is 11.4 Å². The number of allylic oxidation sites excluding steroid dienone is 2. The third kappa shape index (κ3) is 1.87. The smallest absolute Gasteiger partial charge is 0.178 e. The molecule has 0 aromatic rings. The van der Waals surface area contributed by atoms with E-state index in [-0.39, 0.29) is 5.78 Å². The Labute approximate surface area is 72.6 Å². The SMILES string of the molecule is [N-]=[N+]=NC1(N=[N+]=[N-])C=CC(=O)C=C1. The summed E-state index contributed by atoms with van der Waals surface area (Å²) in [6.07, 6.45) is 4.86. The Morgan fingerprint density at radius 3 is 2.00 bits per heavy atom. The van der Waals surface area contributed by atoms with Crippen LogP contribution in [0.3, 0.4) is 0 Å². The molecule has 0 aromatic heterocycles. The van der Waals surface area contributed by atoms with E-state index in [0.29, 0.717) is 0 Å². The van der Waals surface area contributed by atoms with E-state index >= 15 is 0 Å². The molecule has 0 unspecified atom stereocenters. The van der Waals surface area contributed by atoms with Gasteiger partial charge in [-0.1, -0.05) is 22.4 Å². The maximum atomic E-state index is 10.7. The molecule has 0 bridgehead atoms. The van der Waals surface area contributed by atoms with Crippen LogP contribution in [0.4, 0.5) is 0 Å². The van der Waals surface area contributed by atoms with Crippen molar-refractivity contribution in [1.29, 1.82) is 0 Å². The molecule has 0 fully saturated rings. The molecular weight excluding hydrogens is 172 g/mol. The average molecular weight is 176 g/mol. The van der Waals surface area contributed by atoms with Crippen molar-refractivity contribution in [1.82, 2.24) is 0 Å². The van der Waals surface area contributed by atoms with Crippen LogP contribution < -0.4 is 0 Å². The zero-order valence-electron chi connectivity index (χ0n) is 6.40. The normalized spacial score (nSPS) is 17.4. The third-order valence-corrected chi connectivity index (χ3v) is 1.40. The van der Waals surface area contributed by atoms with Gasteiger partial charge in [0, 0.05) is 9.82 Å². The van der Waals surface area contributed by atoms with E-state index in [1.54, 1.807) is 0 Å². The molecule has 0 heterocycles. The predicted molar refractivity (Wildman–Crippen MR) is 44.3 cm³/mol. The first-order valence-electron chi connectivity index (χ1n) is 3.27. The molecule has 0 saturated carbocycles. The quantitative estimate of drug-likeness (QED) is 0.357. The third-order valence-electron chi connectivity index (χ3n) is 1.40. The molecule has 0 saturated heterocycles. The van der Waals surface area contributed by atoms with Crippen molar-refractivity contribution >= 4 is 5.78 Å². The average Bonchev–Trinajstić information content (AvgIpc) is 2.11. The summed E-state index contributed by atoms with van der Waals surface area (Å²) < 4.78 is 0. The summed E-state index contributed by atoms with van der Waals surface area (Å²) in [5, 5.41) is 6.55. The van der Waals surface area contributed by atoms with Crippen molar-refractivity contribution < 1.29 is 4.79 Å². The molecule has 0 aromatic carbocycles. The Bertz CT molecular complexity index is 346. The maximum Gasteiger partial charge on any atom is 0.178 e. The molecule has 13 heavy (non-hydrogen) atoms. The van der Waals surface area contributed by atoms with Crippen LogP contribution >= 0.6 is 0 Å². The van der Waals surface area contributed by atoms with Crippen LogP contribution in [0, 0.1) is 0 Å². The first kappa shape index (κ1) is 8.86. The van der Waals surface area contributed by atoms with E-state index in [2.05, 4.69) is 20.1 Å². The second-order valence-electron chi connectivity index (χ2n) is 2.23. The van der Waals surface area contributed by atoms with E-state index in [1.807, 2.05) is 0 Å². The van der Waals surface area contributed by atoms with Gasteiger partial charge in [-0.15, -0.1) is 0 Å². The van der Waals surface area contributed by atoms with Gasteiger partial charge >= 0.3 is 0 Å². The summed E-state index contributed by atoms with van der Waals surface area (Å²) in [5.41, 5.74) is 15.0. The Kier molecular flexibility index (Phi) is 2.35. The van der Waals surface area contributed by atoms with Crippen LogP contribution in [-0.4, -0.2) is 11.4 Å². The van der Waals surface area contributed by atoms with Crippen LogP contribution in [0.15, 0.2) is 34.5 Å². The fourth-order valence-electron chi connectivity index (χ4n) is 0.817. The molecule has 0 N–H and O–H groups in total. The number of hydrogen-bond donors (Lipinski definition) is 0. The molecule has 0 amide bonds. The molecule has 0 spiro atoms. The molecule has 0 radical (unpaired) electrons. The van der Waals surface area contributed by atoms with Gasteiger partial charge in [0.05, 0.1) is 0 Å². The minimum atomic E-state index is -1.41. The van der Waals surface area contributed by atoms with Gasteiger partial charge in [-0.05, 0) is 23.2 Å². The fourth-order valence-corrected chi connectivity index (χ4v) is 0.817. The second kappa shape index (κ2) is 3.44. The summed E-state index contributed by atoms with van der Waals surface area (Å²) in [6, 6.07) is 0. The molecular formula is C6H4N6O. The molecule has 1 aliphatic rings. The van der Waals surface area contributed by atoms with E-state index in [1.165, 1.54) is 24.3 Å². The van der Waals surface area contributed by atoms with Crippen LogP contribution in [0.2, 0.25) is 0 Å². The van der Waals surface area contributed by atoms with E-state index < -0.39 is 5.66 Å². The fraction of sp³-hybridized carbons (Fsp3) is 0.167. The van der Waals surface area contributed by atoms with Crippen molar-refractivity contribution in [2.45, 2.75) is 5.66 Å². The summed E-state index contributed by atoms with van der Waals surface area (Å²) in [7, 11) is 0. The number of nitrogens with zero attached hydrogens (tertiary/aromatic N) is 6.